The molecule has 0 unspecified atom stereocenters. The first kappa shape index (κ1) is 10.0. The Morgan fingerprint density at radius 1 is 1.08 bits per heavy atom. The lowest BCUT2D eigenvalue weighted by molar-refractivity contribution is 0.331. The van der Waals surface area contributed by atoms with E-state index in [1.54, 1.807) is 0 Å². The van der Waals surface area contributed by atoms with Crippen LogP contribution in [0.25, 0.3) is 0 Å². The summed E-state index contributed by atoms with van der Waals surface area (Å²) in [6, 6.07) is 0. The van der Waals surface area contributed by atoms with Gasteiger partial charge < -0.3 is 5.73 Å². The Morgan fingerprint density at radius 2 is 1.58 bits per heavy atom. The van der Waals surface area contributed by atoms with Crippen molar-refractivity contribution < 1.29 is 0 Å². The molecule has 72 valence electrons. The van der Waals surface area contributed by atoms with Crippen LogP contribution in [0.4, 0.5) is 0 Å². The first-order valence-corrected chi connectivity index (χ1v) is 5.37. The lowest BCUT2D eigenvalue weighted by atomic mass is 9.87. The largest absolute Gasteiger partial charge is 0.326 e. The topological polar surface area (TPSA) is 26.0 Å². The van der Waals surface area contributed by atoms with Gasteiger partial charge in [0.05, 0.1) is 0 Å². The molecule has 1 heteroatoms. The molecule has 1 rings (SSSR count). The standard InChI is InChI=1S/C11H23N/c1-11(2,12)9-10-7-5-3-4-6-8-10/h10H,3-9,12H2,1-2H3. The fourth-order valence-electron chi connectivity index (χ4n) is 2.31. The van der Waals surface area contributed by atoms with Crippen LogP contribution in [0.2, 0.25) is 0 Å². The second-order valence-electron chi connectivity index (χ2n) is 5.05. The van der Waals surface area contributed by atoms with Gasteiger partial charge in [0.25, 0.3) is 0 Å². The molecule has 0 bridgehead atoms. The molecule has 1 aliphatic carbocycles. The zero-order valence-electron chi connectivity index (χ0n) is 8.60. The van der Waals surface area contributed by atoms with Crippen LogP contribution in [0.15, 0.2) is 0 Å². The Balaban J connectivity index is 2.30. The van der Waals surface area contributed by atoms with Crippen LogP contribution in [0.1, 0.15) is 58.8 Å². The summed E-state index contributed by atoms with van der Waals surface area (Å²) in [6.45, 7) is 4.30. The third-order valence-corrected chi connectivity index (χ3v) is 2.79. The second kappa shape index (κ2) is 4.27. The van der Waals surface area contributed by atoms with E-state index in [4.69, 9.17) is 5.73 Å². The molecule has 0 aromatic carbocycles. The molecular weight excluding hydrogens is 146 g/mol. The lowest BCUT2D eigenvalue weighted by Crippen LogP contribution is -2.34. The summed E-state index contributed by atoms with van der Waals surface area (Å²) in [4.78, 5) is 0. The number of hydrogen-bond acceptors (Lipinski definition) is 1. The average Bonchev–Trinajstić information content (AvgIpc) is 2.12. The van der Waals surface area contributed by atoms with Gasteiger partial charge in [0.1, 0.15) is 0 Å². The predicted molar refractivity (Wildman–Crippen MR) is 54.1 cm³/mol. The number of nitrogens with two attached hydrogens (primary N) is 1. The van der Waals surface area contributed by atoms with Gasteiger partial charge in [-0.15, -0.1) is 0 Å². The minimum Gasteiger partial charge on any atom is -0.326 e. The zero-order valence-corrected chi connectivity index (χ0v) is 8.60. The smallest absolute Gasteiger partial charge is 0.00996 e. The molecule has 0 spiro atoms. The van der Waals surface area contributed by atoms with E-state index in [0.717, 1.165) is 5.92 Å². The van der Waals surface area contributed by atoms with Gasteiger partial charge in [-0.3, -0.25) is 0 Å². The van der Waals surface area contributed by atoms with E-state index >= 15 is 0 Å². The van der Waals surface area contributed by atoms with Crippen LogP contribution in [0.3, 0.4) is 0 Å². The van der Waals surface area contributed by atoms with Crippen LogP contribution in [0, 0.1) is 5.92 Å². The van der Waals surface area contributed by atoms with E-state index in [1.807, 2.05) is 0 Å². The summed E-state index contributed by atoms with van der Waals surface area (Å²) in [5, 5.41) is 0. The SMILES string of the molecule is CC(C)(N)CC1CCCCCC1. The molecule has 1 saturated carbocycles. The molecule has 12 heavy (non-hydrogen) atoms. The number of hydrogen-bond donors (Lipinski definition) is 1. The molecule has 0 heterocycles. The molecule has 1 aliphatic rings. The molecule has 0 aromatic rings. The van der Waals surface area contributed by atoms with Gasteiger partial charge in [-0.2, -0.15) is 0 Å². The highest BCUT2D eigenvalue weighted by Gasteiger charge is 2.19. The van der Waals surface area contributed by atoms with Gasteiger partial charge in [0.15, 0.2) is 0 Å². The maximum atomic E-state index is 6.02. The van der Waals surface area contributed by atoms with Gasteiger partial charge in [0.2, 0.25) is 0 Å². The van der Waals surface area contributed by atoms with Crippen LogP contribution in [-0.4, -0.2) is 5.54 Å². The van der Waals surface area contributed by atoms with Gasteiger partial charge in [-0.1, -0.05) is 38.5 Å². The second-order valence-corrected chi connectivity index (χ2v) is 5.05. The first-order valence-electron chi connectivity index (χ1n) is 5.37. The van der Waals surface area contributed by atoms with E-state index in [1.165, 1.54) is 44.9 Å². The fraction of sp³-hybridized carbons (Fsp3) is 1.00. The summed E-state index contributed by atoms with van der Waals surface area (Å²) in [5.74, 6) is 0.910. The van der Waals surface area contributed by atoms with E-state index < -0.39 is 0 Å². The first-order chi connectivity index (χ1) is 5.58. The van der Waals surface area contributed by atoms with E-state index in [9.17, 15) is 0 Å². The third kappa shape index (κ3) is 4.10. The molecule has 1 fully saturated rings. The molecule has 0 radical (unpaired) electrons. The minimum atomic E-state index is 0.0506. The van der Waals surface area contributed by atoms with E-state index in [-0.39, 0.29) is 5.54 Å². The van der Waals surface area contributed by atoms with Gasteiger partial charge in [-0.05, 0) is 26.2 Å². The van der Waals surface area contributed by atoms with Crippen LogP contribution in [-0.2, 0) is 0 Å². The fourth-order valence-corrected chi connectivity index (χ4v) is 2.31. The molecule has 0 aliphatic heterocycles. The predicted octanol–water partition coefficient (Wildman–Crippen LogP) is 3.08. The van der Waals surface area contributed by atoms with Crippen molar-refractivity contribution in [3.05, 3.63) is 0 Å². The van der Waals surface area contributed by atoms with Crippen molar-refractivity contribution in [3.8, 4) is 0 Å². The molecule has 1 nitrogen and oxygen atoms in total. The molecular formula is C11H23N. The van der Waals surface area contributed by atoms with Crippen molar-refractivity contribution in [2.75, 3.05) is 0 Å². The Bertz CT molecular complexity index is 115. The molecule has 0 aromatic heterocycles. The summed E-state index contributed by atoms with van der Waals surface area (Å²) in [7, 11) is 0. The van der Waals surface area contributed by atoms with Gasteiger partial charge >= 0.3 is 0 Å². The highest BCUT2D eigenvalue weighted by Crippen LogP contribution is 2.28. The van der Waals surface area contributed by atoms with Gasteiger partial charge in [0, 0.05) is 5.54 Å². The molecule has 0 amide bonds. The molecule has 2 N–H and O–H groups in total. The van der Waals surface area contributed by atoms with Crippen molar-refractivity contribution in [3.63, 3.8) is 0 Å². The molecule has 0 saturated heterocycles. The maximum absolute atomic E-state index is 6.02. The quantitative estimate of drug-likeness (QED) is 0.632. The summed E-state index contributed by atoms with van der Waals surface area (Å²) in [6.07, 6.45) is 9.80. The van der Waals surface area contributed by atoms with Crippen molar-refractivity contribution >= 4 is 0 Å². The highest BCUT2D eigenvalue weighted by atomic mass is 14.7. The third-order valence-electron chi connectivity index (χ3n) is 2.79. The van der Waals surface area contributed by atoms with Crippen molar-refractivity contribution in [2.24, 2.45) is 11.7 Å². The Kier molecular flexibility index (Phi) is 3.57. The van der Waals surface area contributed by atoms with Crippen molar-refractivity contribution in [1.29, 1.82) is 0 Å². The lowest BCUT2D eigenvalue weighted by Gasteiger charge is -2.24. The number of rotatable bonds is 2. The van der Waals surface area contributed by atoms with E-state index in [0.29, 0.717) is 0 Å². The molecule has 0 atom stereocenters. The monoisotopic (exact) mass is 169 g/mol. The highest BCUT2D eigenvalue weighted by molar-refractivity contribution is 4.77. The Labute approximate surface area is 76.7 Å². The van der Waals surface area contributed by atoms with Crippen molar-refractivity contribution in [2.45, 2.75) is 64.3 Å². The maximum Gasteiger partial charge on any atom is 0.00996 e. The van der Waals surface area contributed by atoms with Crippen molar-refractivity contribution in [1.82, 2.24) is 0 Å². The average molecular weight is 169 g/mol. The normalized spacial score (nSPS) is 22.2. The minimum absolute atomic E-state index is 0.0506. The zero-order chi connectivity index (χ0) is 9.03. The van der Waals surface area contributed by atoms with E-state index in [2.05, 4.69) is 13.8 Å². The Morgan fingerprint density at radius 3 is 2.00 bits per heavy atom. The summed E-state index contributed by atoms with van der Waals surface area (Å²) >= 11 is 0. The Hall–Kier alpha value is -0.0400. The summed E-state index contributed by atoms with van der Waals surface area (Å²) in [5.41, 5.74) is 6.07. The van der Waals surface area contributed by atoms with Crippen LogP contribution < -0.4 is 5.73 Å². The summed E-state index contributed by atoms with van der Waals surface area (Å²) < 4.78 is 0. The van der Waals surface area contributed by atoms with Crippen LogP contribution in [0.5, 0.6) is 0 Å². The van der Waals surface area contributed by atoms with Crippen LogP contribution >= 0.6 is 0 Å². The van der Waals surface area contributed by atoms with Gasteiger partial charge in [-0.25, -0.2) is 0 Å².